The van der Waals surface area contributed by atoms with E-state index in [0.29, 0.717) is 39.5 Å². The van der Waals surface area contributed by atoms with Crippen molar-refractivity contribution in [2.45, 2.75) is 33.5 Å². The molecule has 0 aliphatic carbocycles. The van der Waals surface area contributed by atoms with Crippen molar-refractivity contribution in [1.29, 1.82) is 0 Å². The van der Waals surface area contributed by atoms with Gasteiger partial charge in [-0.25, -0.2) is 18.4 Å². The number of pyridine rings is 1. The third kappa shape index (κ3) is 5.38. The van der Waals surface area contributed by atoms with Crippen molar-refractivity contribution < 1.29 is 23.1 Å². The molecule has 2 amide bonds. The Labute approximate surface area is 235 Å². The van der Waals surface area contributed by atoms with Crippen LogP contribution in [0, 0.1) is 6.92 Å². The minimum atomic E-state index is -2.86. The van der Waals surface area contributed by atoms with Gasteiger partial charge in [0.1, 0.15) is 21.2 Å². The molecular formula is C26H22ClF2N7O3S. The van der Waals surface area contributed by atoms with Gasteiger partial charge >= 0.3 is 0 Å². The molecule has 14 heteroatoms. The van der Waals surface area contributed by atoms with Crippen molar-refractivity contribution >= 4 is 50.7 Å². The minimum absolute atomic E-state index is 0.00665. The zero-order valence-electron chi connectivity index (χ0n) is 21.2. The summed E-state index contributed by atoms with van der Waals surface area (Å²) < 4.78 is 36.3. The standard InChI is InChI=1S/C26H22ClF2N7O3S/c1-3-35-11-17(13(2)33-35)16-10-19(23(28)29)31-26-20(16)21(22(40-26)24(30)37)32-25(38)18-7-8-36(34-18)12-39-15-6-4-5-14(27)9-15/h4-11,23H,3,12H2,1-2H3,(H2,30,37)(H,32,38). The number of fused-ring (bicyclic) bond motifs is 1. The van der Waals surface area contributed by atoms with Gasteiger partial charge in [0.05, 0.1) is 11.4 Å². The van der Waals surface area contributed by atoms with Crippen molar-refractivity contribution in [3.63, 3.8) is 0 Å². The predicted molar refractivity (Wildman–Crippen MR) is 147 cm³/mol. The molecule has 0 radical (unpaired) electrons. The lowest BCUT2D eigenvalue weighted by molar-refractivity contribution is 0.100. The number of anilines is 1. The number of primary amides is 1. The number of ether oxygens (including phenoxy) is 1. The fourth-order valence-corrected chi connectivity index (χ4v) is 5.30. The lowest BCUT2D eigenvalue weighted by atomic mass is 10.0. The number of carbonyl (C=O) groups excluding carboxylic acids is 2. The number of rotatable bonds is 9. The number of hydrogen-bond donors (Lipinski definition) is 2. The normalized spacial score (nSPS) is 11.3. The van der Waals surface area contributed by atoms with Crippen LogP contribution in [0.4, 0.5) is 14.5 Å². The third-order valence-electron chi connectivity index (χ3n) is 5.96. The van der Waals surface area contributed by atoms with E-state index >= 15 is 0 Å². The molecule has 0 bridgehead atoms. The average molecular weight is 586 g/mol. The molecule has 4 heterocycles. The number of amides is 2. The van der Waals surface area contributed by atoms with Crippen LogP contribution in [0.1, 0.15) is 44.9 Å². The second-order valence-corrected chi connectivity index (χ2v) is 10.1. The van der Waals surface area contributed by atoms with Crippen LogP contribution in [0.15, 0.2) is 48.8 Å². The van der Waals surface area contributed by atoms with Gasteiger partial charge in [0.15, 0.2) is 12.4 Å². The van der Waals surface area contributed by atoms with E-state index in [1.54, 1.807) is 48.3 Å². The zero-order valence-corrected chi connectivity index (χ0v) is 22.8. The smallest absolute Gasteiger partial charge is 0.280 e. The van der Waals surface area contributed by atoms with E-state index < -0.39 is 23.9 Å². The number of halogens is 3. The van der Waals surface area contributed by atoms with Gasteiger partial charge in [-0.15, -0.1) is 11.3 Å². The maximum absolute atomic E-state index is 13.8. The van der Waals surface area contributed by atoms with Crippen molar-refractivity contribution in [3.05, 3.63) is 75.8 Å². The van der Waals surface area contributed by atoms with Crippen LogP contribution in [0.2, 0.25) is 5.02 Å². The molecule has 3 N–H and O–H groups in total. The molecule has 5 rings (SSSR count). The summed E-state index contributed by atoms with van der Waals surface area (Å²) in [6.07, 6.45) is 0.401. The molecule has 5 aromatic rings. The molecule has 0 spiro atoms. The van der Waals surface area contributed by atoms with E-state index in [-0.39, 0.29) is 27.8 Å². The van der Waals surface area contributed by atoms with E-state index in [1.807, 2.05) is 6.92 Å². The quantitative estimate of drug-likeness (QED) is 0.229. The van der Waals surface area contributed by atoms with Crippen LogP contribution in [0.25, 0.3) is 21.3 Å². The SMILES string of the molecule is CCn1cc(-c2cc(C(F)F)nc3sc(C(N)=O)c(NC(=O)c4ccn(COc5cccc(Cl)c5)n4)c23)c(C)n1. The van der Waals surface area contributed by atoms with E-state index in [0.717, 1.165) is 11.3 Å². The first-order valence-electron chi connectivity index (χ1n) is 12.0. The maximum Gasteiger partial charge on any atom is 0.280 e. The number of aryl methyl sites for hydroxylation is 2. The van der Waals surface area contributed by atoms with Crippen LogP contribution < -0.4 is 15.8 Å². The van der Waals surface area contributed by atoms with E-state index in [2.05, 4.69) is 20.5 Å². The number of nitrogens with two attached hydrogens (primary N) is 1. The van der Waals surface area contributed by atoms with E-state index in [1.165, 1.54) is 16.8 Å². The lowest BCUT2D eigenvalue weighted by Gasteiger charge is -2.10. The highest BCUT2D eigenvalue weighted by molar-refractivity contribution is 7.21. The van der Waals surface area contributed by atoms with E-state index in [4.69, 9.17) is 22.1 Å². The van der Waals surface area contributed by atoms with E-state index in [9.17, 15) is 18.4 Å². The summed E-state index contributed by atoms with van der Waals surface area (Å²) in [6.45, 7) is 4.20. The Balaban J connectivity index is 1.52. The number of thiophene rings is 1. The van der Waals surface area contributed by atoms with Crippen molar-refractivity contribution in [1.82, 2.24) is 24.5 Å². The van der Waals surface area contributed by atoms with Crippen LogP contribution in [0.5, 0.6) is 5.75 Å². The first-order chi connectivity index (χ1) is 19.1. The minimum Gasteiger partial charge on any atom is -0.471 e. The number of benzene rings is 1. The Kier molecular flexibility index (Phi) is 7.50. The molecule has 0 unspecified atom stereocenters. The molecule has 0 atom stereocenters. The second kappa shape index (κ2) is 11.0. The summed E-state index contributed by atoms with van der Waals surface area (Å²) in [5.41, 5.74) is 6.73. The maximum atomic E-state index is 13.8. The van der Waals surface area contributed by atoms with Gasteiger partial charge in [0.2, 0.25) is 0 Å². The third-order valence-corrected chi connectivity index (χ3v) is 7.29. The summed E-state index contributed by atoms with van der Waals surface area (Å²) in [4.78, 5) is 29.8. The molecule has 0 aliphatic rings. The molecule has 206 valence electrons. The van der Waals surface area contributed by atoms with Crippen molar-refractivity contribution in [2.75, 3.05) is 5.32 Å². The number of carbonyl (C=O) groups is 2. The second-order valence-electron chi connectivity index (χ2n) is 8.66. The van der Waals surface area contributed by atoms with Gasteiger partial charge in [-0.05, 0) is 49.7 Å². The Hall–Kier alpha value is -4.36. The molecule has 0 saturated heterocycles. The molecule has 0 saturated carbocycles. The highest BCUT2D eigenvalue weighted by Gasteiger charge is 2.27. The largest absolute Gasteiger partial charge is 0.471 e. The van der Waals surface area contributed by atoms with Gasteiger partial charge in [-0.3, -0.25) is 14.3 Å². The topological polar surface area (TPSA) is 130 Å². The van der Waals surface area contributed by atoms with Crippen molar-refractivity contribution in [2.24, 2.45) is 5.73 Å². The number of aromatic nitrogens is 5. The van der Waals surface area contributed by atoms with Gasteiger partial charge in [0, 0.05) is 34.9 Å². The Morgan fingerprint density at radius 3 is 2.65 bits per heavy atom. The number of alkyl halides is 2. The highest BCUT2D eigenvalue weighted by Crippen LogP contribution is 2.43. The van der Waals surface area contributed by atoms with Gasteiger partial charge in [-0.1, -0.05) is 17.7 Å². The van der Waals surface area contributed by atoms with Crippen LogP contribution >= 0.6 is 22.9 Å². The number of nitrogens with zero attached hydrogens (tertiary/aromatic N) is 5. The molecule has 4 aromatic heterocycles. The monoisotopic (exact) mass is 585 g/mol. The summed E-state index contributed by atoms with van der Waals surface area (Å²) in [5.74, 6) is -0.965. The van der Waals surface area contributed by atoms with Crippen LogP contribution in [-0.4, -0.2) is 36.4 Å². The first kappa shape index (κ1) is 27.2. The van der Waals surface area contributed by atoms with Gasteiger partial charge in [0.25, 0.3) is 18.2 Å². The van der Waals surface area contributed by atoms with Crippen LogP contribution in [0.3, 0.4) is 0 Å². The Morgan fingerprint density at radius 2 is 1.98 bits per heavy atom. The number of nitrogens with one attached hydrogen (secondary N) is 1. The molecule has 40 heavy (non-hydrogen) atoms. The molecule has 1 aromatic carbocycles. The molecule has 0 aliphatic heterocycles. The lowest BCUT2D eigenvalue weighted by Crippen LogP contribution is -2.17. The highest BCUT2D eigenvalue weighted by atomic mass is 35.5. The summed E-state index contributed by atoms with van der Waals surface area (Å²) >= 11 is 6.80. The summed E-state index contributed by atoms with van der Waals surface area (Å²) in [5, 5.41) is 12.2. The first-order valence-corrected chi connectivity index (χ1v) is 13.2. The summed E-state index contributed by atoms with van der Waals surface area (Å²) in [6, 6.07) is 9.54. The Bertz CT molecular complexity index is 1750. The van der Waals surface area contributed by atoms with Gasteiger partial charge in [-0.2, -0.15) is 10.2 Å². The number of hydrogen-bond acceptors (Lipinski definition) is 7. The fourth-order valence-electron chi connectivity index (χ4n) is 4.11. The van der Waals surface area contributed by atoms with Gasteiger partial charge < -0.3 is 15.8 Å². The Morgan fingerprint density at radius 1 is 1.18 bits per heavy atom. The average Bonchev–Trinajstić information content (AvgIpc) is 3.64. The fraction of sp³-hybridized carbons (Fsp3) is 0.192. The molecular weight excluding hydrogens is 564 g/mol. The predicted octanol–water partition coefficient (Wildman–Crippen LogP) is 5.66. The van der Waals surface area contributed by atoms with Crippen LogP contribution in [-0.2, 0) is 13.3 Å². The molecule has 0 fully saturated rings. The zero-order chi connectivity index (χ0) is 28.6. The van der Waals surface area contributed by atoms with Crippen molar-refractivity contribution in [3.8, 4) is 16.9 Å². The molecule has 10 nitrogen and oxygen atoms in total. The summed E-state index contributed by atoms with van der Waals surface area (Å²) in [7, 11) is 0.